The first-order valence-electron chi connectivity index (χ1n) is 2.85. The molecule has 0 aromatic carbocycles. The van der Waals surface area contributed by atoms with E-state index in [4.69, 9.17) is 5.84 Å². The highest BCUT2D eigenvalue weighted by Gasteiger charge is 2.11. The molecule has 7 heteroatoms. The maximum absolute atomic E-state index is 10.9. The van der Waals surface area contributed by atoms with Crippen LogP contribution >= 0.6 is 28.3 Å². The van der Waals surface area contributed by atoms with Crippen LogP contribution in [0.25, 0.3) is 0 Å². The number of hydrazine groups is 1. The molecule has 12 heavy (non-hydrogen) atoms. The lowest BCUT2D eigenvalue weighted by Gasteiger charge is -1.92. The summed E-state index contributed by atoms with van der Waals surface area (Å²) in [5.74, 6) is 4.51. The Balaban J connectivity index is 0.00000121. The van der Waals surface area contributed by atoms with Gasteiger partial charge in [0.25, 0.3) is 5.91 Å². The number of amides is 1. The number of carbonyl (C=O) groups excluding carboxylic acids is 1. The van der Waals surface area contributed by atoms with Crippen LogP contribution in [0, 0.1) is 0 Å². The van der Waals surface area contributed by atoms with Crippen LogP contribution in [0.2, 0.25) is 0 Å². The number of halogens is 2. The van der Waals surface area contributed by atoms with Crippen molar-refractivity contribution in [3.63, 3.8) is 0 Å². The van der Waals surface area contributed by atoms with Crippen molar-refractivity contribution >= 4 is 34.2 Å². The molecule has 0 spiro atoms. The largest absolute Gasteiger partial charge is 0.289 e. The number of hydrogen-bond acceptors (Lipinski definition) is 3. The van der Waals surface area contributed by atoms with Gasteiger partial charge in [0, 0.05) is 13.2 Å². The zero-order valence-electron chi connectivity index (χ0n) is 6.24. The van der Waals surface area contributed by atoms with Crippen LogP contribution < -0.4 is 11.3 Å². The zero-order valence-corrected chi connectivity index (χ0v) is 8.65. The molecule has 0 aliphatic carbocycles. The Bertz CT molecular complexity index is 287. The van der Waals surface area contributed by atoms with Gasteiger partial charge in [0.15, 0.2) is 5.69 Å². The first-order valence-corrected chi connectivity index (χ1v) is 3.64. The molecule has 0 aliphatic rings. The molecule has 0 saturated carbocycles. The van der Waals surface area contributed by atoms with E-state index >= 15 is 0 Å². The topological polar surface area (TPSA) is 72.9 Å². The van der Waals surface area contributed by atoms with Crippen molar-refractivity contribution in [3.8, 4) is 0 Å². The maximum Gasteiger partial charge on any atom is 0.286 e. The standard InChI is InChI=1S/C5H7BrN4O.ClH/c1-10-2-3(6)4(9-10)5(11)8-7;/h2H,7H2,1H3,(H,8,11);1H. The summed E-state index contributed by atoms with van der Waals surface area (Å²) >= 11 is 3.16. The number of nitrogens with one attached hydrogen (secondary N) is 1. The van der Waals surface area contributed by atoms with Crippen molar-refractivity contribution in [1.82, 2.24) is 15.2 Å². The summed E-state index contributed by atoms with van der Waals surface area (Å²) < 4.78 is 2.15. The second-order valence-corrected chi connectivity index (χ2v) is 2.83. The second kappa shape index (κ2) is 4.44. The first kappa shape index (κ1) is 11.4. The summed E-state index contributed by atoms with van der Waals surface area (Å²) in [7, 11) is 1.72. The predicted molar refractivity (Wildman–Crippen MR) is 49.8 cm³/mol. The summed E-state index contributed by atoms with van der Waals surface area (Å²) in [6, 6.07) is 0. The highest BCUT2D eigenvalue weighted by atomic mass is 79.9. The maximum atomic E-state index is 10.9. The minimum absolute atomic E-state index is 0. The number of aromatic nitrogens is 2. The molecule has 1 heterocycles. The van der Waals surface area contributed by atoms with E-state index in [0.717, 1.165) is 0 Å². The van der Waals surface area contributed by atoms with E-state index in [9.17, 15) is 4.79 Å². The minimum Gasteiger partial charge on any atom is -0.289 e. The molecule has 0 bridgehead atoms. The van der Waals surface area contributed by atoms with E-state index < -0.39 is 5.91 Å². The molecule has 0 radical (unpaired) electrons. The minimum atomic E-state index is -0.405. The quantitative estimate of drug-likeness (QED) is 0.428. The predicted octanol–water partition coefficient (Wildman–Crippen LogP) is 0.208. The molecule has 68 valence electrons. The molecule has 0 atom stereocenters. The fourth-order valence-corrected chi connectivity index (χ4v) is 1.24. The van der Waals surface area contributed by atoms with Gasteiger partial charge < -0.3 is 0 Å². The average molecular weight is 256 g/mol. The van der Waals surface area contributed by atoms with Gasteiger partial charge in [-0.25, -0.2) is 5.84 Å². The SMILES string of the molecule is Cl.Cn1cc(Br)c(C(=O)NN)n1. The van der Waals surface area contributed by atoms with E-state index in [2.05, 4.69) is 21.0 Å². The molecule has 5 nitrogen and oxygen atoms in total. The summed E-state index contributed by atoms with van der Waals surface area (Å²) in [5.41, 5.74) is 2.28. The molecule has 1 amide bonds. The van der Waals surface area contributed by atoms with Crippen LogP contribution in [0.15, 0.2) is 10.7 Å². The lowest BCUT2D eigenvalue weighted by atomic mass is 10.4. The number of nitrogen functional groups attached to an aromatic ring is 1. The van der Waals surface area contributed by atoms with Crippen LogP contribution in [-0.4, -0.2) is 15.7 Å². The normalized spacial score (nSPS) is 8.92. The monoisotopic (exact) mass is 254 g/mol. The highest BCUT2D eigenvalue weighted by Crippen LogP contribution is 2.13. The van der Waals surface area contributed by atoms with Gasteiger partial charge in [-0.3, -0.25) is 14.9 Å². The fraction of sp³-hybridized carbons (Fsp3) is 0.200. The van der Waals surface area contributed by atoms with Crippen molar-refractivity contribution in [2.24, 2.45) is 12.9 Å². The van der Waals surface area contributed by atoms with Gasteiger partial charge in [0.2, 0.25) is 0 Å². The Labute approximate surface area is 83.8 Å². The van der Waals surface area contributed by atoms with Crippen LogP contribution in [0.3, 0.4) is 0 Å². The smallest absolute Gasteiger partial charge is 0.286 e. The third-order valence-electron chi connectivity index (χ3n) is 1.13. The lowest BCUT2D eigenvalue weighted by Crippen LogP contribution is -2.30. The summed E-state index contributed by atoms with van der Waals surface area (Å²) in [5, 5.41) is 3.86. The molecular weight excluding hydrogens is 247 g/mol. The number of rotatable bonds is 1. The first-order chi connectivity index (χ1) is 5.15. The van der Waals surface area contributed by atoms with Crippen LogP contribution in [0.1, 0.15) is 10.5 Å². The Morgan fingerprint density at radius 3 is 2.75 bits per heavy atom. The van der Waals surface area contributed by atoms with Gasteiger partial charge in [-0.15, -0.1) is 12.4 Å². The molecule has 0 unspecified atom stereocenters. The molecular formula is C5H8BrClN4O. The van der Waals surface area contributed by atoms with Crippen LogP contribution in [0.5, 0.6) is 0 Å². The van der Waals surface area contributed by atoms with Crippen LogP contribution in [0.4, 0.5) is 0 Å². The Kier molecular flexibility index (Phi) is 4.22. The summed E-state index contributed by atoms with van der Waals surface area (Å²) in [6.45, 7) is 0. The fourth-order valence-electron chi connectivity index (χ4n) is 0.682. The third-order valence-corrected chi connectivity index (χ3v) is 1.71. The summed E-state index contributed by atoms with van der Waals surface area (Å²) in [6.07, 6.45) is 1.67. The zero-order chi connectivity index (χ0) is 8.43. The molecule has 0 fully saturated rings. The van der Waals surface area contributed by atoms with Crippen molar-refractivity contribution in [2.75, 3.05) is 0 Å². The van der Waals surface area contributed by atoms with Gasteiger partial charge in [0.05, 0.1) is 4.47 Å². The van der Waals surface area contributed by atoms with Gasteiger partial charge in [-0.05, 0) is 15.9 Å². The number of nitrogens with two attached hydrogens (primary N) is 1. The Morgan fingerprint density at radius 1 is 1.83 bits per heavy atom. The van der Waals surface area contributed by atoms with Crippen molar-refractivity contribution < 1.29 is 4.79 Å². The van der Waals surface area contributed by atoms with E-state index in [1.54, 1.807) is 13.2 Å². The Morgan fingerprint density at radius 2 is 2.42 bits per heavy atom. The van der Waals surface area contributed by atoms with Gasteiger partial charge in [-0.2, -0.15) is 5.10 Å². The van der Waals surface area contributed by atoms with Crippen LogP contribution in [-0.2, 0) is 7.05 Å². The molecule has 3 N–H and O–H groups in total. The molecule has 1 rings (SSSR count). The average Bonchev–Trinajstić information content (AvgIpc) is 2.28. The number of aryl methyl sites for hydroxylation is 1. The van der Waals surface area contributed by atoms with Gasteiger partial charge in [-0.1, -0.05) is 0 Å². The van der Waals surface area contributed by atoms with E-state index in [-0.39, 0.29) is 18.1 Å². The lowest BCUT2D eigenvalue weighted by molar-refractivity contribution is 0.0947. The highest BCUT2D eigenvalue weighted by molar-refractivity contribution is 9.10. The second-order valence-electron chi connectivity index (χ2n) is 1.97. The number of hydrogen-bond donors (Lipinski definition) is 2. The van der Waals surface area contributed by atoms with Crippen molar-refractivity contribution in [1.29, 1.82) is 0 Å². The summed E-state index contributed by atoms with van der Waals surface area (Å²) in [4.78, 5) is 10.9. The van der Waals surface area contributed by atoms with Gasteiger partial charge in [0.1, 0.15) is 0 Å². The van der Waals surface area contributed by atoms with Gasteiger partial charge >= 0.3 is 0 Å². The van der Waals surface area contributed by atoms with E-state index in [1.807, 2.05) is 5.43 Å². The van der Waals surface area contributed by atoms with Crippen molar-refractivity contribution in [3.05, 3.63) is 16.4 Å². The van der Waals surface area contributed by atoms with Crippen molar-refractivity contribution in [2.45, 2.75) is 0 Å². The van der Waals surface area contributed by atoms with E-state index in [1.165, 1.54) is 4.68 Å². The number of nitrogens with zero attached hydrogens (tertiary/aromatic N) is 2. The molecule has 1 aromatic rings. The Hall–Kier alpha value is -0.590. The third kappa shape index (κ3) is 2.20. The molecule has 0 aliphatic heterocycles. The van der Waals surface area contributed by atoms with E-state index in [0.29, 0.717) is 4.47 Å². The number of carbonyl (C=O) groups is 1. The molecule has 0 saturated heterocycles. The molecule has 1 aromatic heterocycles.